The number of benzene rings is 1. The average molecular weight is 310 g/mol. The second-order valence-corrected chi connectivity index (χ2v) is 8.21. The molecule has 2 N–H and O–H groups in total. The van der Waals surface area contributed by atoms with E-state index in [0.717, 1.165) is 29.5 Å². The molecule has 4 nitrogen and oxygen atoms in total. The van der Waals surface area contributed by atoms with Crippen molar-refractivity contribution in [3.8, 4) is 0 Å². The van der Waals surface area contributed by atoms with Crippen molar-refractivity contribution < 1.29 is 8.42 Å². The van der Waals surface area contributed by atoms with E-state index >= 15 is 0 Å². The van der Waals surface area contributed by atoms with Gasteiger partial charge in [0, 0.05) is 19.1 Å². The first-order chi connectivity index (χ1) is 9.77. The zero-order valence-corrected chi connectivity index (χ0v) is 14.2. The van der Waals surface area contributed by atoms with Crippen molar-refractivity contribution in [3.05, 3.63) is 28.8 Å². The Morgan fingerprint density at radius 3 is 2.52 bits per heavy atom. The van der Waals surface area contributed by atoms with Gasteiger partial charge >= 0.3 is 0 Å². The van der Waals surface area contributed by atoms with Crippen LogP contribution in [0.2, 0.25) is 0 Å². The molecule has 0 amide bonds. The van der Waals surface area contributed by atoms with Gasteiger partial charge in [-0.1, -0.05) is 13.0 Å². The molecule has 1 aliphatic rings. The summed E-state index contributed by atoms with van der Waals surface area (Å²) in [6.45, 7) is 8.89. The molecule has 118 valence electrons. The van der Waals surface area contributed by atoms with Crippen LogP contribution in [-0.2, 0) is 16.6 Å². The van der Waals surface area contributed by atoms with E-state index in [0.29, 0.717) is 23.9 Å². The fourth-order valence-electron chi connectivity index (χ4n) is 2.99. The second kappa shape index (κ2) is 6.07. The lowest BCUT2D eigenvalue weighted by atomic mass is 9.97. The van der Waals surface area contributed by atoms with Crippen LogP contribution in [0.25, 0.3) is 0 Å². The molecule has 1 saturated heterocycles. The zero-order chi connectivity index (χ0) is 15.8. The van der Waals surface area contributed by atoms with E-state index in [9.17, 15) is 8.42 Å². The number of hydrogen-bond donors (Lipinski definition) is 1. The Bertz CT molecular complexity index is 625. The average Bonchev–Trinajstić information content (AvgIpc) is 2.43. The minimum absolute atomic E-state index is 0.0624. The van der Waals surface area contributed by atoms with Crippen molar-refractivity contribution in [2.75, 3.05) is 6.54 Å². The molecule has 5 heteroatoms. The molecule has 0 spiro atoms. The smallest absolute Gasteiger partial charge is 0.243 e. The highest BCUT2D eigenvalue weighted by atomic mass is 32.2. The molecule has 0 radical (unpaired) electrons. The van der Waals surface area contributed by atoms with Gasteiger partial charge in [0.1, 0.15) is 0 Å². The molecule has 0 saturated carbocycles. The lowest BCUT2D eigenvalue weighted by Gasteiger charge is -2.36. The minimum atomic E-state index is -3.45. The van der Waals surface area contributed by atoms with Crippen LogP contribution in [0.5, 0.6) is 0 Å². The van der Waals surface area contributed by atoms with Gasteiger partial charge in [-0.25, -0.2) is 8.42 Å². The monoisotopic (exact) mass is 310 g/mol. The van der Waals surface area contributed by atoms with Gasteiger partial charge in [0.25, 0.3) is 0 Å². The molecular formula is C16H26N2O2S. The molecule has 0 aromatic heterocycles. The molecule has 1 aliphatic heterocycles. The van der Waals surface area contributed by atoms with Crippen molar-refractivity contribution in [1.82, 2.24) is 4.31 Å². The van der Waals surface area contributed by atoms with Crippen LogP contribution < -0.4 is 5.73 Å². The van der Waals surface area contributed by atoms with E-state index in [1.807, 2.05) is 26.8 Å². The minimum Gasteiger partial charge on any atom is -0.326 e. The Morgan fingerprint density at radius 1 is 1.24 bits per heavy atom. The largest absolute Gasteiger partial charge is 0.326 e. The molecule has 21 heavy (non-hydrogen) atoms. The Labute approximate surface area is 128 Å². The van der Waals surface area contributed by atoms with E-state index in [1.54, 1.807) is 10.4 Å². The summed E-state index contributed by atoms with van der Waals surface area (Å²) in [4.78, 5) is 0.420. The first-order valence-corrected chi connectivity index (χ1v) is 9.03. The number of hydrogen-bond acceptors (Lipinski definition) is 3. The quantitative estimate of drug-likeness (QED) is 0.933. The summed E-state index contributed by atoms with van der Waals surface area (Å²) in [5.41, 5.74) is 8.38. The van der Waals surface area contributed by atoms with Gasteiger partial charge in [-0.05, 0) is 62.3 Å². The third kappa shape index (κ3) is 3.15. The maximum atomic E-state index is 13.1. The number of nitrogens with zero attached hydrogens (tertiary/aromatic N) is 1. The number of sulfonamides is 1. The first kappa shape index (κ1) is 16.5. The third-order valence-electron chi connectivity index (χ3n) is 4.56. The van der Waals surface area contributed by atoms with E-state index in [-0.39, 0.29) is 6.04 Å². The molecule has 2 rings (SSSR count). The summed E-state index contributed by atoms with van der Waals surface area (Å²) in [5.74, 6) is 0.412. The van der Waals surface area contributed by atoms with Crippen LogP contribution in [0.15, 0.2) is 17.0 Å². The highest BCUT2D eigenvalue weighted by Gasteiger charge is 2.34. The summed E-state index contributed by atoms with van der Waals surface area (Å²) in [6, 6.07) is 3.77. The maximum absolute atomic E-state index is 13.1. The molecule has 1 aromatic rings. The first-order valence-electron chi connectivity index (χ1n) is 7.59. The van der Waals surface area contributed by atoms with Crippen molar-refractivity contribution >= 4 is 10.0 Å². The van der Waals surface area contributed by atoms with Crippen LogP contribution in [0.1, 0.15) is 43.4 Å². The number of piperidine rings is 1. The summed E-state index contributed by atoms with van der Waals surface area (Å²) in [6.07, 6.45) is 2.02. The Kier molecular flexibility index (Phi) is 4.76. The van der Waals surface area contributed by atoms with E-state index in [1.165, 1.54) is 0 Å². The summed E-state index contributed by atoms with van der Waals surface area (Å²) >= 11 is 0. The molecular weight excluding hydrogens is 284 g/mol. The van der Waals surface area contributed by atoms with Crippen LogP contribution in [-0.4, -0.2) is 25.3 Å². The molecule has 1 fully saturated rings. The highest BCUT2D eigenvalue weighted by molar-refractivity contribution is 7.89. The molecule has 1 aromatic carbocycles. The SMILES string of the molecule is Cc1cc(CN)cc(S(=O)(=O)N2CC(C)CCC2C)c1C. The predicted octanol–water partition coefficient (Wildman–Crippen LogP) is 2.57. The lowest BCUT2D eigenvalue weighted by Crippen LogP contribution is -2.45. The van der Waals surface area contributed by atoms with Crippen LogP contribution >= 0.6 is 0 Å². The van der Waals surface area contributed by atoms with Gasteiger partial charge in [0.2, 0.25) is 10.0 Å². The van der Waals surface area contributed by atoms with Crippen molar-refractivity contribution in [3.63, 3.8) is 0 Å². The molecule has 0 bridgehead atoms. The molecule has 2 atom stereocenters. The predicted molar refractivity (Wildman–Crippen MR) is 85.6 cm³/mol. The van der Waals surface area contributed by atoms with Gasteiger partial charge < -0.3 is 5.73 Å². The summed E-state index contributed by atoms with van der Waals surface area (Å²) in [5, 5.41) is 0. The molecule has 2 unspecified atom stereocenters. The van der Waals surface area contributed by atoms with Gasteiger partial charge in [0.05, 0.1) is 4.90 Å². The van der Waals surface area contributed by atoms with Crippen LogP contribution in [0.3, 0.4) is 0 Å². The van der Waals surface area contributed by atoms with Gasteiger partial charge in [0.15, 0.2) is 0 Å². The van der Waals surface area contributed by atoms with Crippen LogP contribution in [0, 0.1) is 19.8 Å². The number of aryl methyl sites for hydroxylation is 1. The molecule has 0 aliphatic carbocycles. The van der Waals surface area contributed by atoms with Gasteiger partial charge in [-0.15, -0.1) is 0 Å². The topological polar surface area (TPSA) is 63.4 Å². The second-order valence-electron chi connectivity index (χ2n) is 6.35. The van der Waals surface area contributed by atoms with Gasteiger partial charge in [-0.3, -0.25) is 0 Å². The maximum Gasteiger partial charge on any atom is 0.243 e. The fourth-order valence-corrected chi connectivity index (χ4v) is 5.13. The van der Waals surface area contributed by atoms with E-state index < -0.39 is 10.0 Å². The summed E-state index contributed by atoms with van der Waals surface area (Å²) < 4.78 is 27.8. The lowest BCUT2D eigenvalue weighted by molar-refractivity contribution is 0.218. The Balaban J connectivity index is 2.51. The number of nitrogens with two attached hydrogens (primary N) is 1. The normalized spacial score (nSPS) is 24.2. The Morgan fingerprint density at radius 2 is 1.90 bits per heavy atom. The van der Waals surface area contributed by atoms with E-state index in [4.69, 9.17) is 5.73 Å². The summed E-state index contributed by atoms with van der Waals surface area (Å²) in [7, 11) is -3.45. The van der Waals surface area contributed by atoms with Gasteiger partial charge in [-0.2, -0.15) is 4.31 Å². The fraction of sp³-hybridized carbons (Fsp3) is 0.625. The van der Waals surface area contributed by atoms with Crippen molar-refractivity contribution in [2.45, 2.75) is 58.0 Å². The molecule has 1 heterocycles. The van der Waals surface area contributed by atoms with Crippen molar-refractivity contribution in [2.24, 2.45) is 11.7 Å². The standard InChI is InChI=1S/C16H26N2O2S/c1-11-5-6-13(3)18(10-11)21(19,20)16-8-15(9-17)7-12(2)14(16)4/h7-8,11,13H,5-6,9-10,17H2,1-4H3. The number of rotatable bonds is 3. The van der Waals surface area contributed by atoms with Crippen LogP contribution in [0.4, 0.5) is 0 Å². The van der Waals surface area contributed by atoms with E-state index in [2.05, 4.69) is 6.92 Å². The third-order valence-corrected chi connectivity index (χ3v) is 6.67. The highest BCUT2D eigenvalue weighted by Crippen LogP contribution is 2.30. The Hall–Kier alpha value is -0.910. The van der Waals surface area contributed by atoms with Crippen molar-refractivity contribution in [1.29, 1.82) is 0 Å². The zero-order valence-electron chi connectivity index (χ0n) is 13.4.